The van der Waals surface area contributed by atoms with Crippen LogP contribution >= 0.6 is 23.2 Å². The summed E-state index contributed by atoms with van der Waals surface area (Å²) in [5, 5.41) is -4.32. The lowest BCUT2D eigenvalue weighted by Crippen LogP contribution is -2.56. The Morgan fingerprint density at radius 2 is 1.90 bits per heavy atom. The monoisotopic (exact) mass is 488 g/mol. The normalized spacial score (nSPS) is 25.2. The van der Waals surface area contributed by atoms with E-state index in [1.807, 2.05) is 0 Å². The Morgan fingerprint density at radius 1 is 1.27 bits per heavy atom. The molecule has 2 unspecified atom stereocenters. The van der Waals surface area contributed by atoms with Crippen molar-refractivity contribution < 1.29 is 35.5 Å². The molecule has 1 aliphatic carbocycles. The molecule has 1 saturated heterocycles. The van der Waals surface area contributed by atoms with Gasteiger partial charge in [0.2, 0.25) is 5.91 Å². The Hall–Kier alpha value is -1.82. The van der Waals surface area contributed by atoms with Gasteiger partial charge in [0.15, 0.2) is 0 Å². The van der Waals surface area contributed by atoms with Crippen LogP contribution in [0, 0.1) is 5.92 Å². The number of halogens is 6. The first kappa shape index (κ1) is 22.9. The first-order valence-corrected chi connectivity index (χ1v) is 10.6. The molecule has 164 valence electrons. The summed E-state index contributed by atoms with van der Waals surface area (Å²) >= 11 is 11.5. The summed E-state index contributed by atoms with van der Waals surface area (Å²) in [5.41, 5.74) is 3.95. The van der Waals surface area contributed by atoms with Crippen molar-refractivity contribution in [3.8, 4) is 5.75 Å². The number of alkyl halides is 4. The SMILES string of the molecule is NC(=O)C1C=C(Cl)C(Oc2ccc(Cl)c(C(F)(F)F)c2)=CC1(F)S(=O)(=O)N1CCC1. The van der Waals surface area contributed by atoms with E-state index in [1.165, 1.54) is 0 Å². The van der Waals surface area contributed by atoms with Gasteiger partial charge in [0.25, 0.3) is 15.0 Å². The number of hydrogen-bond acceptors (Lipinski definition) is 4. The van der Waals surface area contributed by atoms with Crippen molar-refractivity contribution in [3.63, 3.8) is 0 Å². The lowest BCUT2D eigenvalue weighted by Gasteiger charge is -2.38. The zero-order chi connectivity index (χ0) is 22.5. The maximum atomic E-state index is 15.8. The molecule has 6 nitrogen and oxygen atoms in total. The van der Waals surface area contributed by atoms with E-state index in [-0.39, 0.29) is 13.1 Å². The molecule has 1 aliphatic heterocycles. The van der Waals surface area contributed by atoms with E-state index < -0.39 is 60.2 Å². The highest BCUT2D eigenvalue weighted by atomic mass is 35.5. The summed E-state index contributed by atoms with van der Waals surface area (Å²) in [7, 11) is -4.70. The molecule has 1 aromatic carbocycles. The highest BCUT2D eigenvalue weighted by molar-refractivity contribution is 7.90. The summed E-state index contributed by atoms with van der Waals surface area (Å²) in [5.74, 6) is -4.26. The quantitative estimate of drug-likeness (QED) is 0.641. The van der Waals surface area contributed by atoms with Crippen LogP contribution in [-0.2, 0) is 21.0 Å². The van der Waals surface area contributed by atoms with Crippen molar-refractivity contribution in [1.29, 1.82) is 0 Å². The standard InChI is InChI=1S/C17H14Cl2F4N2O4S/c18-12-3-2-9(6-10(12)17(21,22)23)29-14-8-16(20,11(15(24)26)7-13(14)19)30(27,28)25-4-1-5-25/h2-3,6-8,11H,1,4-5H2,(H2,24,26). The van der Waals surface area contributed by atoms with Gasteiger partial charge in [-0.05, 0) is 30.7 Å². The maximum Gasteiger partial charge on any atom is 0.417 e. The largest absolute Gasteiger partial charge is 0.456 e. The van der Waals surface area contributed by atoms with Crippen LogP contribution in [0.2, 0.25) is 5.02 Å². The Kier molecular flexibility index (Phi) is 5.87. The molecule has 0 bridgehead atoms. The molecule has 3 rings (SSSR count). The van der Waals surface area contributed by atoms with Crippen LogP contribution in [0.3, 0.4) is 0 Å². The second-order valence-electron chi connectivity index (χ2n) is 6.60. The smallest absolute Gasteiger partial charge is 0.417 e. The molecule has 13 heteroatoms. The molecule has 1 heterocycles. The lowest BCUT2D eigenvalue weighted by atomic mass is 9.96. The number of hydrogen-bond donors (Lipinski definition) is 1. The lowest BCUT2D eigenvalue weighted by molar-refractivity contribution is -0.137. The Labute approximate surface area is 178 Å². The Bertz CT molecular complexity index is 1050. The van der Waals surface area contributed by atoms with Gasteiger partial charge in [-0.3, -0.25) is 4.79 Å². The van der Waals surface area contributed by atoms with Crippen molar-refractivity contribution in [3.05, 3.63) is 51.7 Å². The van der Waals surface area contributed by atoms with Crippen molar-refractivity contribution in [2.75, 3.05) is 13.1 Å². The predicted molar refractivity (Wildman–Crippen MR) is 101 cm³/mol. The van der Waals surface area contributed by atoms with Crippen molar-refractivity contribution in [2.45, 2.75) is 17.6 Å². The first-order valence-electron chi connectivity index (χ1n) is 8.40. The number of allylic oxidation sites excluding steroid dienone is 1. The summed E-state index contributed by atoms with van der Waals surface area (Å²) in [6.45, 7) is 0.0974. The molecule has 1 amide bonds. The van der Waals surface area contributed by atoms with Crippen LogP contribution in [0.15, 0.2) is 41.1 Å². The van der Waals surface area contributed by atoms with Crippen LogP contribution in [0.25, 0.3) is 0 Å². The minimum Gasteiger partial charge on any atom is -0.456 e. The Balaban J connectivity index is 2.05. The molecular weight excluding hydrogens is 475 g/mol. The minimum absolute atomic E-state index is 0.0487. The third-order valence-corrected chi connectivity index (χ3v) is 7.48. The van der Waals surface area contributed by atoms with Gasteiger partial charge >= 0.3 is 6.18 Å². The molecular formula is C17H14Cl2F4N2O4S. The summed E-state index contributed by atoms with van der Waals surface area (Å²) < 4.78 is 86.5. The van der Waals surface area contributed by atoms with E-state index in [4.69, 9.17) is 33.7 Å². The van der Waals surface area contributed by atoms with E-state index in [1.54, 1.807) is 0 Å². The number of benzene rings is 1. The van der Waals surface area contributed by atoms with E-state index in [2.05, 4.69) is 0 Å². The number of carbonyl (C=O) groups excluding carboxylic acids is 1. The van der Waals surface area contributed by atoms with Gasteiger partial charge in [0.1, 0.15) is 17.4 Å². The van der Waals surface area contributed by atoms with Crippen LogP contribution in [0.1, 0.15) is 12.0 Å². The fourth-order valence-electron chi connectivity index (χ4n) is 2.91. The van der Waals surface area contributed by atoms with Gasteiger partial charge in [-0.25, -0.2) is 12.8 Å². The zero-order valence-corrected chi connectivity index (χ0v) is 17.2. The number of nitrogens with two attached hydrogens (primary N) is 1. The third kappa shape index (κ3) is 3.91. The van der Waals surface area contributed by atoms with Gasteiger partial charge < -0.3 is 10.5 Å². The van der Waals surface area contributed by atoms with Crippen molar-refractivity contribution >= 4 is 39.1 Å². The van der Waals surface area contributed by atoms with Gasteiger partial charge in [0.05, 0.1) is 15.6 Å². The maximum absolute atomic E-state index is 15.8. The van der Waals surface area contributed by atoms with Crippen LogP contribution < -0.4 is 10.5 Å². The molecule has 1 aromatic rings. The zero-order valence-electron chi connectivity index (χ0n) is 14.9. The average Bonchev–Trinajstić information content (AvgIpc) is 2.56. The molecule has 2 aliphatic rings. The van der Waals surface area contributed by atoms with Crippen LogP contribution in [0.4, 0.5) is 17.6 Å². The van der Waals surface area contributed by atoms with E-state index in [0.717, 1.165) is 22.5 Å². The summed E-state index contributed by atoms with van der Waals surface area (Å²) in [4.78, 5) is 11.7. The van der Waals surface area contributed by atoms with Crippen molar-refractivity contribution in [1.82, 2.24) is 4.31 Å². The fourth-order valence-corrected chi connectivity index (χ4v) is 5.25. The van der Waals surface area contributed by atoms with Gasteiger partial charge in [-0.1, -0.05) is 23.2 Å². The second-order valence-corrected chi connectivity index (χ2v) is 9.51. The molecule has 30 heavy (non-hydrogen) atoms. The number of primary amides is 1. The number of sulfonamides is 1. The number of ether oxygens (including phenoxy) is 1. The van der Waals surface area contributed by atoms with Gasteiger partial charge in [-0.2, -0.15) is 17.5 Å². The van der Waals surface area contributed by atoms with Crippen LogP contribution in [-0.4, -0.2) is 36.7 Å². The summed E-state index contributed by atoms with van der Waals surface area (Å²) in [6, 6.07) is 2.52. The van der Waals surface area contributed by atoms with E-state index in [0.29, 0.717) is 18.6 Å². The highest BCUT2D eigenvalue weighted by Crippen LogP contribution is 2.43. The number of amides is 1. The van der Waals surface area contributed by atoms with E-state index >= 15 is 4.39 Å². The van der Waals surface area contributed by atoms with Gasteiger partial charge in [-0.15, -0.1) is 0 Å². The number of nitrogens with zero attached hydrogens (tertiary/aromatic N) is 1. The van der Waals surface area contributed by atoms with Crippen molar-refractivity contribution in [2.24, 2.45) is 11.7 Å². The fraction of sp³-hybridized carbons (Fsp3) is 0.353. The number of rotatable bonds is 5. The summed E-state index contributed by atoms with van der Waals surface area (Å²) in [6.07, 6.45) is -3.08. The van der Waals surface area contributed by atoms with Gasteiger partial charge in [0, 0.05) is 19.2 Å². The molecule has 0 spiro atoms. The molecule has 0 aromatic heterocycles. The van der Waals surface area contributed by atoms with E-state index in [9.17, 15) is 26.4 Å². The highest BCUT2D eigenvalue weighted by Gasteiger charge is 2.57. The molecule has 2 N–H and O–H groups in total. The predicted octanol–water partition coefficient (Wildman–Crippen LogP) is 3.56. The molecule has 0 radical (unpaired) electrons. The number of carbonyl (C=O) groups is 1. The third-order valence-electron chi connectivity index (χ3n) is 4.63. The topological polar surface area (TPSA) is 89.7 Å². The molecule has 2 atom stereocenters. The average molecular weight is 489 g/mol. The molecule has 1 fully saturated rings. The Morgan fingerprint density at radius 3 is 2.40 bits per heavy atom. The minimum atomic E-state index is -4.79. The van der Waals surface area contributed by atoms with Crippen LogP contribution in [0.5, 0.6) is 5.75 Å². The second kappa shape index (κ2) is 7.70. The first-order chi connectivity index (χ1) is 13.8. The molecule has 0 saturated carbocycles.